The van der Waals surface area contributed by atoms with Gasteiger partial charge in [0.05, 0.1) is 23.9 Å². The lowest BCUT2D eigenvalue weighted by Crippen LogP contribution is -2.15. The molecule has 17 heavy (non-hydrogen) atoms. The van der Waals surface area contributed by atoms with E-state index in [0.29, 0.717) is 5.92 Å². The second kappa shape index (κ2) is 3.82. The average molecular weight is 231 g/mol. The van der Waals surface area contributed by atoms with Crippen molar-refractivity contribution < 1.29 is 5.11 Å². The molecule has 4 heteroatoms. The average Bonchev–Trinajstić information content (AvgIpc) is 3.10. The Kier molecular flexibility index (Phi) is 2.42. The third-order valence-electron chi connectivity index (χ3n) is 3.35. The summed E-state index contributed by atoms with van der Waals surface area (Å²) in [5.74, 6) is 1.67. The second-order valence-corrected chi connectivity index (χ2v) is 4.88. The molecule has 1 atom stereocenters. The summed E-state index contributed by atoms with van der Waals surface area (Å²) in [5, 5.41) is 9.21. The molecular weight excluding hydrogens is 214 g/mol. The van der Waals surface area contributed by atoms with E-state index >= 15 is 0 Å². The van der Waals surface area contributed by atoms with E-state index < -0.39 is 0 Å². The van der Waals surface area contributed by atoms with Crippen LogP contribution in [0, 0.1) is 6.92 Å². The van der Waals surface area contributed by atoms with Gasteiger partial charge < -0.3 is 15.2 Å². The Bertz CT molecular complexity index is 557. The van der Waals surface area contributed by atoms with Crippen molar-refractivity contribution in [2.75, 3.05) is 6.61 Å². The van der Waals surface area contributed by atoms with E-state index in [4.69, 9.17) is 5.73 Å². The summed E-state index contributed by atoms with van der Waals surface area (Å²) in [6.45, 7) is 1.99. The number of aryl methyl sites for hydroxylation is 1. The molecule has 0 amide bonds. The molecule has 0 aromatic carbocycles. The first kappa shape index (κ1) is 10.7. The highest BCUT2D eigenvalue weighted by Crippen LogP contribution is 2.40. The first-order chi connectivity index (χ1) is 8.20. The summed E-state index contributed by atoms with van der Waals surface area (Å²) < 4.78 is 2.12. The van der Waals surface area contributed by atoms with Gasteiger partial charge in [-0.25, -0.2) is 4.98 Å². The van der Waals surface area contributed by atoms with Crippen molar-refractivity contribution in [2.24, 2.45) is 5.73 Å². The number of pyridine rings is 1. The minimum Gasteiger partial charge on any atom is -0.394 e. The van der Waals surface area contributed by atoms with Crippen molar-refractivity contribution in [3.8, 4) is 0 Å². The monoisotopic (exact) mass is 231 g/mol. The van der Waals surface area contributed by atoms with Crippen LogP contribution in [0.4, 0.5) is 0 Å². The highest BCUT2D eigenvalue weighted by atomic mass is 16.3. The molecule has 2 aromatic heterocycles. The van der Waals surface area contributed by atoms with Gasteiger partial charge in [0.15, 0.2) is 0 Å². The fourth-order valence-electron chi connectivity index (χ4n) is 2.23. The lowest BCUT2D eigenvalue weighted by molar-refractivity contribution is 0.266. The molecule has 1 aliphatic rings. The van der Waals surface area contributed by atoms with E-state index in [2.05, 4.69) is 34.6 Å². The van der Waals surface area contributed by atoms with Crippen molar-refractivity contribution in [1.29, 1.82) is 0 Å². The number of hydrogen-bond donors (Lipinski definition) is 2. The molecule has 0 spiro atoms. The lowest BCUT2D eigenvalue weighted by atomic mass is 10.2. The molecule has 90 valence electrons. The van der Waals surface area contributed by atoms with Gasteiger partial charge in [0.1, 0.15) is 5.82 Å². The molecule has 2 aromatic rings. The Hall–Kier alpha value is -1.39. The van der Waals surface area contributed by atoms with Gasteiger partial charge in [0, 0.05) is 12.1 Å². The van der Waals surface area contributed by atoms with Crippen LogP contribution in [0.1, 0.15) is 41.9 Å². The molecule has 1 unspecified atom stereocenters. The number of aliphatic hydroxyl groups excluding tert-OH is 1. The van der Waals surface area contributed by atoms with Crippen molar-refractivity contribution in [2.45, 2.75) is 31.7 Å². The van der Waals surface area contributed by atoms with Crippen molar-refractivity contribution in [3.63, 3.8) is 0 Å². The Balaban J connectivity index is 2.22. The van der Waals surface area contributed by atoms with Crippen LogP contribution in [0.15, 0.2) is 18.3 Å². The van der Waals surface area contributed by atoms with Crippen molar-refractivity contribution >= 4 is 5.52 Å². The van der Waals surface area contributed by atoms with Crippen LogP contribution < -0.4 is 5.73 Å². The molecule has 4 nitrogen and oxygen atoms in total. The van der Waals surface area contributed by atoms with Gasteiger partial charge in [-0.1, -0.05) is 0 Å². The molecular formula is C13H17N3O. The number of nitrogens with zero attached hydrogens (tertiary/aromatic N) is 2. The normalized spacial score (nSPS) is 17.6. The number of nitrogens with two attached hydrogens (primary N) is 1. The topological polar surface area (TPSA) is 63.5 Å². The Morgan fingerprint density at radius 1 is 1.59 bits per heavy atom. The van der Waals surface area contributed by atoms with Crippen LogP contribution in [0.5, 0.6) is 0 Å². The van der Waals surface area contributed by atoms with Crippen molar-refractivity contribution in [3.05, 3.63) is 35.4 Å². The Morgan fingerprint density at radius 3 is 3.00 bits per heavy atom. The fourth-order valence-corrected chi connectivity index (χ4v) is 2.23. The number of rotatable bonds is 3. The Morgan fingerprint density at radius 2 is 2.35 bits per heavy atom. The van der Waals surface area contributed by atoms with E-state index in [1.54, 1.807) is 0 Å². The standard InChI is InChI=1S/C13H17N3O/c1-8-4-5-16-11(6-8)12(10(14)7-17)15-13(16)9-2-3-9/h4-6,9-10,17H,2-3,7,14H2,1H3. The summed E-state index contributed by atoms with van der Waals surface area (Å²) in [5.41, 5.74) is 8.96. The van der Waals surface area contributed by atoms with Crippen LogP contribution in [0.3, 0.4) is 0 Å². The third-order valence-corrected chi connectivity index (χ3v) is 3.35. The van der Waals surface area contributed by atoms with Gasteiger partial charge in [-0.15, -0.1) is 0 Å². The number of imidazole rings is 1. The number of fused-ring (bicyclic) bond motifs is 1. The van der Waals surface area contributed by atoms with E-state index in [-0.39, 0.29) is 12.6 Å². The van der Waals surface area contributed by atoms with Crippen LogP contribution in [0.2, 0.25) is 0 Å². The maximum absolute atomic E-state index is 9.21. The SMILES string of the molecule is Cc1ccn2c(C3CC3)nc(C(N)CO)c2c1. The molecule has 3 rings (SSSR count). The summed E-state index contributed by atoms with van der Waals surface area (Å²) in [4.78, 5) is 4.64. The molecule has 0 bridgehead atoms. The predicted molar refractivity (Wildman–Crippen MR) is 65.9 cm³/mol. The molecule has 0 aliphatic heterocycles. The fraction of sp³-hybridized carbons (Fsp3) is 0.462. The smallest absolute Gasteiger partial charge is 0.116 e. The van der Waals surface area contributed by atoms with Gasteiger partial charge in [-0.05, 0) is 37.5 Å². The highest BCUT2D eigenvalue weighted by molar-refractivity contribution is 5.56. The van der Waals surface area contributed by atoms with Crippen LogP contribution in [-0.4, -0.2) is 21.1 Å². The lowest BCUT2D eigenvalue weighted by Gasteiger charge is -2.05. The highest BCUT2D eigenvalue weighted by Gasteiger charge is 2.30. The quantitative estimate of drug-likeness (QED) is 0.841. The number of hydrogen-bond acceptors (Lipinski definition) is 3. The number of aromatic nitrogens is 2. The zero-order valence-corrected chi connectivity index (χ0v) is 9.93. The maximum Gasteiger partial charge on any atom is 0.116 e. The molecule has 3 N–H and O–H groups in total. The third kappa shape index (κ3) is 1.73. The molecule has 0 radical (unpaired) electrons. The minimum absolute atomic E-state index is 0.0648. The molecule has 1 saturated carbocycles. The van der Waals surface area contributed by atoms with Crippen LogP contribution in [-0.2, 0) is 0 Å². The second-order valence-electron chi connectivity index (χ2n) is 4.88. The minimum atomic E-state index is -0.390. The number of aliphatic hydroxyl groups is 1. The summed E-state index contributed by atoms with van der Waals surface area (Å²) in [6.07, 6.45) is 4.47. The van der Waals surface area contributed by atoms with Gasteiger partial charge >= 0.3 is 0 Å². The Labute approximate surface area is 100 Å². The van der Waals surface area contributed by atoms with Crippen molar-refractivity contribution in [1.82, 2.24) is 9.38 Å². The van der Waals surface area contributed by atoms with Gasteiger partial charge in [0.2, 0.25) is 0 Å². The molecule has 1 aliphatic carbocycles. The largest absolute Gasteiger partial charge is 0.394 e. The zero-order chi connectivity index (χ0) is 12.0. The van der Waals surface area contributed by atoms with Crippen LogP contribution in [0.25, 0.3) is 5.52 Å². The molecule has 2 heterocycles. The van der Waals surface area contributed by atoms with E-state index in [0.717, 1.165) is 17.0 Å². The first-order valence-corrected chi connectivity index (χ1v) is 6.05. The van der Waals surface area contributed by atoms with Gasteiger partial charge in [0.25, 0.3) is 0 Å². The van der Waals surface area contributed by atoms with Gasteiger partial charge in [-0.2, -0.15) is 0 Å². The summed E-state index contributed by atoms with van der Waals surface area (Å²) in [6, 6.07) is 3.78. The van der Waals surface area contributed by atoms with E-state index in [9.17, 15) is 5.11 Å². The van der Waals surface area contributed by atoms with E-state index in [1.165, 1.54) is 18.4 Å². The summed E-state index contributed by atoms with van der Waals surface area (Å²) in [7, 11) is 0. The molecule has 1 fully saturated rings. The zero-order valence-electron chi connectivity index (χ0n) is 9.93. The maximum atomic E-state index is 9.21. The first-order valence-electron chi connectivity index (χ1n) is 6.05. The summed E-state index contributed by atoms with van der Waals surface area (Å²) >= 11 is 0. The van der Waals surface area contributed by atoms with E-state index in [1.807, 2.05) is 0 Å². The van der Waals surface area contributed by atoms with Crippen LogP contribution >= 0.6 is 0 Å². The van der Waals surface area contributed by atoms with Gasteiger partial charge in [-0.3, -0.25) is 0 Å². The predicted octanol–water partition coefficient (Wildman–Crippen LogP) is 1.51. The molecule has 0 saturated heterocycles.